The lowest BCUT2D eigenvalue weighted by Crippen LogP contribution is -2.35. The van der Waals surface area contributed by atoms with Crippen molar-refractivity contribution >= 4 is 16.9 Å². The van der Waals surface area contributed by atoms with Crippen molar-refractivity contribution in [2.75, 3.05) is 33.8 Å². The molecule has 0 saturated carbocycles. The highest BCUT2D eigenvalue weighted by atomic mass is 16.5. The third kappa shape index (κ3) is 3.91. The maximum atomic E-state index is 13.6. The van der Waals surface area contributed by atoms with Gasteiger partial charge in [-0.05, 0) is 75.3 Å². The standard InChI is InChI=1S/C26H30N2O4/c1-6-13-31-19-9-7-18(8-10-19)23-22-24(29)20-14-16(2)17(3)15-21(20)32-25(22)26(30)28(23)12-11-27(4)5/h7-10,14-15,23H,6,11-13H2,1-5H3/t23-/m0/s1. The molecule has 0 N–H and O–H groups in total. The number of ether oxygens (including phenoxy) is 1. The molecule has 3 aromatic rings. The van der Waals surface area contributed by atoms with E-state index in [1.165, 1.54) is 0 Å². The first-order valence-electron chi connectivity index (χ1n) is 11.1. The first-order chi connectivity index (χ1) is 15.3. The number of nitrogens with zero attached hydrogens (tertiary/aromatic N) is 2. The molecule has 6 nitrogen and oxygen atoms in total. The quantitative estimate of drug-likeness (QED) is 0.555. The monoisotopic (exact) mass is 434 g/mol. The maximum absolute atomic E-state index is 13.6. The van der Waals surface area contributed by atoms with Crippen LogP contribution in [0.25, 0.3) is 11.0 Å². The van der Waals surface area contributed by atoms with Crippen LogP contribution in [0.4, 0.5) is 0 Å². The first kappa shape index (κ1) is 22.1. The van der Waals surface area contributed by atoms with Gasteiger partial charge in [0.05, 0.1) is 23.6 Å². The van der Waals surface area contributed by atoms with Crippen molar-refractivity contribution < 1.29 is 13.9 Å². The van der Waals surface area contributed by atoms with Crippen LogP contribution in [0.2, 0.25) is 0 Å². The highest BCUT2D eigenvalue weighted by Gasteiger charge is 2.42. The second kappa shape index (κ2) is 8.79. The summed E-state index contributed by atoms with van der Waals surface area (Å²) in [6, 6.07) is 10.9. The Hall–Kier alpha value is -3.12. The van der Waals surface area contributed by atoms with Crippen LogP contribution in [0.15, 0.2) is 45.6 Å². The van der Waals surface area contributed by atoms with Gasteiger partial charge in [0, 0.05) is 13.1 Å². The second-order valence-electron chi connectivity index (χ2n) is 8.73. The number of hydrogen-bond acceptors (Lipinski definition) is 5. The Kier molecular flexibility index (Phi) is 6.07. The lowest BCUT2D eigenvalue weighted by Gasteiger charge is -2.26. The molecule has 2 heterocycles. The highest BCUT2D eigenvalue weighted by Crippen LogP contribution is 2.38. The van der Waals surface area contributed by atoms with Gasteiger partial charge in [-0.3, -0.25) is 9.59 Å². The van der Waals surface area contributed by atoms with E-state index in [2.05, 4.69) is 6.92 Å². The lowest BCUT2D eigenvalue weighted by molar-refractivity contribution is 0.0716. The Morgan fingerprint density at radius 3 is 2.41 bits per heavy atom. The summed E-state index contributed by atoms with van der Waals surface area (Å²) in [5.41, 5.74) is 3.66. The molecular weight excluding hydrogens is 404 g/mol. The number of hydrogen-bond donors (Lipinski definition) is 0. The van der Waals surface area contributed by atoms with Crippen molar-refractivity contribution in [3.8, 4) is 5.75 Å². The van der Waals surface area contributed by atoms with Gasteiger partial charge in [0.15, 0.2) is 5.43 Å². The summed E-state index contributed by atoms with van der Waals surface area (Å²) in [5.74, 6) is 0.688. The first-order valence-corrected chi connectivity index (χ1v) is 11.1. The fourth-order valence-corrected chi connectivity index (χ4v) is 4.13. The predicted octanol–water partition coefficient (Wildman–Crippen LogP) is 4.31. The van der Waals surface area contributed by atoms with Crippen molar-refractivity contribution in [2.45, 2.75) is 33.2 Å². The van der Waals surface area contributed by atoms with Crippen LogP contribution in [0.1, 0.15) is 52.2 Å². The van der Waals surface area contributed by atoms with Crippen LogP contribution in [0.5, 0.6) is 5.75 Å². The van der Waals surface area contributed by atoms with Gasteiger partial charge in [0.2, 0.25) is 5.76 Å². The average molecular weight is 435 g/mol. The zero-order valence-electron chi connectivity index (χ0n) is 19.4. The summed E-state index contributed by atoms with van der Waals surface area (Å²) in [7, 11) is 3.93. The molecule has 0 aliphatic carbocycles. The number of carbonyl (C=O) groups excluding carboxylic acids is 1. The Morgan fingerprint density at radius 1 is 1.06 bits per heavy atom. The molecule has 0 unspecified atom stereocenters. The van der Waals surface area contributed by atoms with E-state index in [4.69, 9.17) is 9.15 Å². The van der Waals surface area contributed by atoms with Gasteiger partial charge in [-0.15, -0.1) is 0 Å². The van der Waals surface area contributed by atoms with Gasteiger partial charge in [-0.1, -0.05) is 19.1 Å². The molecule has 168 valence electrons. The molecule has 0 spiro atoms. The summed E-state index contributed by atoms with van der Waals surface area (Å²) in [4.78, 5) is 30.8. The van der Waals surface area contributed by atoms with Crippen LogP contribution in [-0.4, -0.2) is 49.5 Å². The largest absolute Gasteiger partial charge is 0.494 e. The van der Waals surface area contributed by atoms with Crippen molar-refractivity contribution in [1.82, 2.24) is 9.80 Å². The minimum atomic E-state index is -0.486. The van der Waals surface area contributed by atoms with E-state index in [-0.39, 0.29) is 17.1 Å². The summed E-state index contributed by atoms with van der Waals surface area (Å²) in [5, 5.41) is 0.516. The maximum Gasteiger partial charge on any atom is 0.290 e. The smallest absolute Gasteiger partial charge is 0.290 e. The molecule has 1 aliphatic rings. The molecule has 0 bridgehead atoms. The average Bonchev–Trinajstić information content (AvgIpc) is 3.04. The molecule has 0 fully saturated rings. The minimum absolute atomic E-state index is 0.138. The van der Waals surface area contributed by atoms with Crippen molar-refractivity contribution in [3.63, 3.8) is 0 Å². The van der Waals surface area contributed by atoms with E-state index in [0.29, 0.717) is 36.2 Å². The Morgan fingerprint density at radius 2 is 1.75 bits per heavy atom. The molecule has 32 heavy (non-hydrogen) atoms. The second-order valence-corrected chi connectivity index (χ2v) is 8.73. The molecule has 1 aliphatic heterocycles. The topological polar surface area (TPSA) is 63.0 Å². The van der Waals surface area contributed by atoms with Crippen LogP contribution >= 0.6 is 0 Å². The number of fused-ring (bicyclic) bond motifs is 2. The summed E-state index contributed by atoms with van der Waals surface area (Å²) >= 11 is 0. The summed E-state index contributed by atoms with van der Waals surface area (Å²) in [6.45, 7) is 7.82. The Balaban J connectivity index is 1.86. The van der Waals surface area contributed by atoms with Crippen molar-refractivity contribution in [3.05, 3.63) is 74.6 Å². The molecule has 0 radical (unpaired) electrons. The van der Waals surface area contributed by atoms with Crippen LogP contribution in [-0.2, 0) is 0 Å². The molecule has 0 saturated heterocycles. The number of amides is 1. The molecule has 4 rings (SSSR count). The van der Waals surface area contributed by atoms with Crippen molar-refractivity contribution in [2.24, 2.45) is 0 Å². The van der Waals surface area contributed by atoms with E-state index < -0.39 is 6.04 Å². The van der Waals surface area contributed by atoms with Gasteiger partial charge < -0.3 is 19.0 Å². The van der Waals surface area contributed by atoms with Gasteiger partial charge in [0.25, 0.3) is 5.91 Å². The number of rotatable bonds is 7. The van der Waals surface area contributed by atoms with Gasteiger partial charge in [0.1, 0.15) is 11.3 Å². The highest BCUT2D eigenvalue weighted by molar-refractivity contribution is 5.99. The van der Waals surface area contributed by atoms with E-state index in [9.17, 15) is 9.59 Å². The van der Waals surface area contributed by atoms with Gasteiger partial charge in [-0.2, -0.15) is 0 Å². The van der Waals surface area contributed by atoms with Crippen LogP contribution in [0, 0.1) is 13.8 Å². The van der Waals surface area contributed by atoms with Gasteiger partial charge >= 0.3 is 0 Å². The zero-order chi connectivity index (χ0) is 23.0. The van der Waals surface area contributed by atoms with E-state index >= 15 is 0 Å². The van der Waals surface area contributed by atoms with E-state index in [0.717, 1.165) is 28.9 Å². The van der Waals surface area contributed by atoms with Crippen LogP contribution in [0.3, 0.4) is 0 Å². The Bertz CT molecular complexity index is 1210. The summed E-state index contributed by atoms with van der Waals surface area (Å²) in [6.07, 6.45) is 0.928. The van der Waals surface area contributed by atoms with Crippen LogP contribution < -0.4 is 10.2 Å². The fourth-order valence-electron chi connectivity index (χ4n) is 4.13. The molecule has 1 aromatic heterocycles. The molecule has 2 aromatic carbocycles. The van der Waals surface area contributed by atoms with E-state index in [1.54, 1.807) is 4.90 Å². The molecular formula is C26H30N2O4. The zero-order valence-corrected chi connectivity index (χ0v) is 19.4. The fraction of sp³-hybridized carbons (Fsp3) is 0.385. The molecule has 1 atom stereocenters. The molecule has 6 heteroatoms. The van der Waals surface area contributed by atoms with Crippen molar-refractivity contribution in [1.29, 1.82) is 0 Å². The number of benzene rings is 2. The Labute approximate surface area is 188 Å². The van der Waals surface area contributed by atoms with Gasteiger partial charge in [-0.25, -0.2) is 0 Å². The number of carbonyl (C=O) groups is 1. The molecule has 1 amide bonds. The third-order valence-corrected chi connectivity index (χ3v) is 6.04. The number of aryl methyl sites for hydroxylation is 2. The number of likely N-dealkylation sites (N-methyl/N-ethyl adjacent to an activating group) is 1. The lowest BCUT2D eigenvalue weighted by atomic mass is 9.97. The SMILES string of the molecule is CCCOc1ccc([C@H]2c3c(oc4cc(C)c(C)cc4c3=O)C(=O)N2CCN(C)C)cc1. The normalized spacial score (nSPS) is 15.6. The third-order valence-electron chi connectivity index (χ3n) is 6.04. The summed E-state index contributed by atoms with van der Waals surface area (Å²) < 4.78 is 11.8. The predicted molar refractivity (Wildman–Crippen MR) is 126 cm³/mol. The van der Waals surface area contributed by atoms with E-state index in [1.807, 2.05) is 69.2 Å². The minimum Gasteiger partial charge on any atom is -0.494 e.